The Kier molecular flexibility index (Phi) is 4.16. The van der Waals surface area contributed by atoms with Gasteiger partial charge in [0.15, 0.2) is 0 Å². The van der Waals surface area contributed by atoms with Gasteiger partial charge in [0.1, 0.15) is 5.75 Å². The minimum absolute atomic E-state index is 0.364. The van der Waals surface area contributed by atoms with E-state index in [0.29, 0.717) is 17.7 Å². The summed E-state index contributed by atoms with van der Waals surface area (Å²) in [6, 6.07) is 5.44. The maximum absolute atomic E-state index is 11.7. The fourth-order valence-corrected chi connectivity index (χ4v) is 2.14. The fraction of sp³-hybridized carbons (Fsp3) is 0.333. The largest absolute Gasteiger partial charge is 0.466 e. The minimum atomic E-state index is -0.458. The third-order valence-electron chi connectivity index (χ3n) is 3.22. The van der Waals surface area contributed by atoms with Crippen LogP contribution in [0.3, 0.4) is 0 Å². The molecule has 6 nitrogen and oxygen atoms in total. The Hall–Kier alpha value is -2.50. The zero-order valence-corrected chi connectivity index (χ0v) is 12.5. The molecule has 0 bridgehead atoms. The van der Waals surface area contributed by atoms with Crippen LogP contribution in [0.15, 0.2) is 30.0 Å². The Labute approximate surface area is 123 Å². The van der Waals surface area contributed by atoms with Crippen LogP contribution in [0.5, 0.6) is 5.75 Å². The number of esters is 1. The van der Waals surface area contributed by atoms with Crippen LogP contribution in [0.4, 0.5) is 10.5 Å². The van der Waals surface area contributed by atoms with Gasteiger partial charge in [0, 0.05) is 45.0 Å². The fourth-order valence-electron chi connectivity index (χ4n) is 2.14. The Morgan fingerprint density at radius 2 is 2.00 bits per heavy atom. The second kappa shape index (κ2) is 5.87. The van der Waals surface area contributed by atoms with E-state index in [9.17, 15) is 9.59 Å². The van der Waals surface area contributed by atoms with E-state index in [2.05, 4.69) is 0 Å². The van der Waals surface area contributed by atoms with Crippen molar-refractivity contribution in [2.45, 2.75) is 6.42 Å². The van der Waals surface area contributed by atoms with Crippen LogP contribution in [-0.2, 0) is 16.0 Å². The van der Waals surface area contributed by atoms with Crippen molar-refractivity contribution < 1.29 is 19.1 Å². The standard InChI is InChI=1S/C15H18N2O4/c1-16(2)15(19)21-13-7-5-6-12-11(13)8-10(9-17(12)3)14(18)20-4/h5-7,9H,8H2,1-4H3/i3-1. The molecule has 21 heavy (non-hydrogen) atoms. The first-order valence-electron chi connectivity index (χ1n) is 6.47. The number of benzene rings is 1. The quantitative estimate of drug-likeness (QED) is 0.777. The SMILES string of the molecule is COC(=O)C1=CN([11CH3])c2cccc(OC(=O)N(C)C)c2C1. The van der Waals surface area contributed by atoms with Gasteiger partial charge in [-0.05, 0) is 12.1 Å². The van der Waals surface area contributed by atoms with Gasteiger partial charge in [0.05, 0.1) is 12.7 Å². The molecule has 0 fully saturated rings. The molecule has 1 aliphatic heterocycles. The molecule has 1 heterocycles. The molecule has 0 spiro atoms. The van der Waals surface area contributed by atoms with Crippen LogP contribution >= 0.6 is 0 Å². The predicted molar refractivity (Wildman–Crippen MR) is 78.4 cm³/mol. The Morgan fingerprint density at radius 3 is 2.62 bits per heavy atom. The van der Waals surface area contributed by atoms with Crippen molar-refractivity contribution in [1.29, 1.82) is 0 Å². The van der Waals surface area contributed by atoms with Crippen LogP contribution in [0.2, 0.25) is 0 Å². The van der Waals surface area contributed by atoms with E-state index in [1.807, 2.05) is 24.1 Å². The number of amides is 1. The van der Waals surface area contributed by atoms with Crippen molar-refractivity contribution in [3.63, 3.8) is 0 Å². The van der Waals surface area contributed by atoms with Crippen LogP contribution in [0.1, 0.15) is 5.56 Å². The summed E-state index contributed by atoms with van der Waals surface area (Å²) in [6.45, 7) is 0. The molecular formula is C15H18N2O4. The van der Waals surface area contributed by atoms with Gasteiger partial charge < -0.3 is 19.3 Å². The van der Waals surface area contributed by atoms with E-state index in [1.54, 1.807) is 26.4 Å². The zero-order chi connectivity index (χ0) is 15.6. The van der Waals surface area contributed by atoms with Crippen LogP contribution in [0, 0.1) is 0 Å². The summed E-state index contributed by atoms with van der Waals surface area (Å²) < 4.78 is 10.1. The van der Waals surface area contributed by atoms with Gasteiger partial charge in [-0.3, -0.25) is 0 Å². The summed E-state index contributed by atoms with van der Waals surface area (Å²) >= 11 is 0. The van der Waals surface area contributed by atoms with Gasteiger partial charge >= 0.3 is 12.1 Å². The lowest BCUT2D eigenvalue weighted by Crippen LogP contribution is -2.27. The monoisotopic (exact) mass is 289 g/mol. The van der Waals surface area contributed by atoms with E-state index in [1.165, 1.54) is 12.0 Å². The molecule has 0 aromatic heterocycles. The zero-order valence-electron chi connectivity index (χ0n) is 12.5. The molecule has 1 aromatic rings. The molecular weight excluding hydrogens is 271 g/mol. The first-order valence-corrected chi connectivity index (χ1v) is 6.47. The van der Waals surface area contributed by atoms with Gasteiger partial charge in [-0.15, -0.1) is 0 Å². The molecule has 112 valence electrons. The second-order valence-corrected chi connectivity index (χ2v) is 4.95. The summed E-state index contributed by atoms with van der Waals surface area (Å²) in [5, 5.41) is 0. The highest BCUT2D eigenvalue weighted by Gasteiger charge is 2.24. The summed E-state index contributed by atoms with van der Waals surface area (Å²) in [5.41, 5.74) is 2.20. The molecule has 0 unspecified atom stereocenters. The number of methoxy groups -OCH3 is 1. The van der Waals surface area contributed by atoms with Crippen molar-refractivity contribution >= 4 is 17.7 Å². The highest BCUT2D eigenvalue weighted by molar-refractivity contribution is 5.91. The molecule has 0 atom stereocenters. The summed E-state index contributed by atoms with van der Waals surface area (Å²) in [4.78, 5) is 26.6. The molecule has 6 heteroatoms. The smallest absolute Gasteiger partial charge is 0.414 e. The summed E-state index contributed by atoms with van der Waals surface area (Å²) in [7, 11) is 6.41. The highest BCUT2D eigenvalue weighted by atomic mass is 16.6. The number of nitrogens with zero attached hydrogens (tertiary/aromatic N) is 2. The van der Waals surface area contributed by atoms with Gasteiger partial charge in [-0.1, -0.05) is 6.07 Å². The Balaban J connectivity index is 2.37. The molecule has 2 rings (SSSR count). The summed E-state index contributed by atoms with van der Waals surface area (Å²) in [5.74, 6) is 0.0637. The number of carbonyl (C=O) groups excluding carboxylic acids is 2. The second-order valence-electron chi connectivity index (χ2n) is 4.95. The lowest BCUT2D eigenvalue weighted by molar-refractivity contribution is -0.136. The number of hydrogen-bond donors (Lipinski definition) is 0. The number of fused-ring (bicyclic) bond motifs is 1. The van der Waals surface area contributed by atoms with Crippen molar-refractivity contribution in [3.8, 4) is 5.75 Å². The molecule has 0 radical (unpaired) electrons. The number of carbonyl (C=O) groups is 2. The maximum Gasteiger partial charge on any atom is 0.414 e. The van der Waals surface area contributed by atoms with Crippen molar-refractivity contribution in [1.82, 2.24) is 4.90 Å². The number of rotatable bonds is 2. The number of anilines is 1. The highest BCUT2D eigenvalue weighted by Crippen LogP contribution is 2.35. The lowest BCUT2D eigenvalue weighted by atomic mass is 9.97. The lowest BCUT2D eigenvalue weighted by Gasteiger charge is -2.26. The van der Waals surface area contributed by atoms with Crippen molar-refractivity contribution in [3.05, 3.63) is 35.5 Å². The van der Waals surface area contributed by atoms with Gasteiger partial charge in [-0.25, -0.2) is 9.59 Å². The van der Waals surface area contributed by atoms with Gasteiger partial charge in [0.2, 0.25) is 0 Å². The molecule has 1 aromatic carbocycles. The molecule has 0 aliphatic carbocycles. The molecule has 0 saturated carbocycles. The van der Waals surface area contributed by atoms with Gasteiger partial charge in [-0.2, -0.15) is 0 Å². The number of hydrogen-bond acceptors (Lipinski definition) is 5. The van der Waals surface area contributed by atoms with E-state index >= 15 is 0 Å². The van der Waals surface area contributed by atoms with Crippen LogP contribution in [-0.4, -0.2) is 45.2 Å². The molecule has 1 amide bonds. The first-order chi connectivity index (χ1) is 9.93. The predicted octanol–water partition coefficient (Wildman–Crippen LogP) is 1.80. The molecule has 0 saturated heterocycles. The molecule has 0 N–H and O–H groups in total. The third-order valence-corrected chi connectivity index (χ3v) is 3.22. The average molecular weight is 289 g/mol. The van der Waals surface area contributed by atoms with Gasteiger partial charge in [0.25, 0.3) is 0 Å². The third kappa shape index (κ3) is 2.99. The first kappa shape index (κ1) is 14.9. The Morgan fingerprint density at radius 1 is 1.29 bits per heavy atom. The van der Waals surface area contributed by atoms with E-state index in [-0.39, 0.29) is 5.97 Å². The van der Waals surface area contributed by atoms with E-state index in [0.717, 1.165) is 11.3 Å². The normalized spacial score (nSPS) is 13.1. The minimum Gasteiger partial charge on any atom is -0.466 e. The summed E-state index contributed by atoms with van der Waals surface area (Å²) in [6.07, 6.45) is 1.63. The number of ether oxygens (including phenoxy) is 2. The van der Waals surface area contributed by atoms with Crippen LogP contribution < -0.4 is 9.64 Å². The average Bonchev–Trinajstić information content (AvgIpc) is 2.46. The van der Waals surface area contributed by atoms with Crippen molar-refractivity contribution in [2.24, 2.45) is 0 Å². The van der Waals surface area contributed by atoms with Crippen LogP contribution in [0.25, 0.3) is 0 Å². The molecule has 1 aliphatic rings. The maximum atomic E-state index is 11.7. The van der Waals surface area contributed by atoms with Crippen molar-refractivity contribution in [2.75, 3.05) is 33.2 Å². The topological polar surface area (TPSA) is 59.1 Å². The Bertz CT molecular complexity index is 608. The van der Waals surface area contributed by atoms with E-state index < -0.39 is 6.09 Å². The van der Waals surface area contributed by atoms with E-state index in [4.69, 9.17) is 9.47 Å².